The molecule has 1 aliphatic rings. The van der Waals surface area contributed by atoms with Crippen LogP contribution in [0.4, 0.5) is 5.82 Å². The highest BCUT2D eigenvalue weighted by atomic mass is 35.5. The smallest absolute Gasteiger partial charge is 0.302 e. The molecule has 7 nitrogen and oxygen atoms in total. The Balaban J connectivity index is 1.41. The van der Waals surface area contributed by atoms with E-state index in [1.54, 1.807) is 30.6 Å². The molecule has 0 aliphatic carbocycles. The summed E-state index contributed by atoms with van der Waals surface area (Å²) in [6, 6.07) is 14.3. The fourth-order valence-electron chi connectivity index (χ4n) is 3.49. The molecule has 0 saturated carbocycles. The Bertz CT molecular complexity index is 1110. The lowest BCUT2D eigenvalue weighted by Gasteiger charge is -2.17. The number of rotatable bonds is 6. The molecular formula is C23H22ClN3O4. The number of anilines is 1. The summed E-state index contributed by atoms with van der Waals surface area (Å²) in [5.41, 5.74) is 1.42. The number of esters is 1. The Morgan fingerprint density at radius 1 is 1.19 bits per heavy atom. The van der Waals surface area contributed by atoms with Gasteiger partial charge in [0.2, 0.25) is 0 Å². The largest absolute Gasteiger partial charge is 0.489 e. The van der Waals surface area contributed by atoms with Crippen molar-refractivity contribution in [3.8, 4) is 11.4 Å². The fourth-order valence-corrected chi connectivity index (χ4v) is 3.61. The second-order valence-corrected chi connectivity index (χ2v) is 7.76. The second-order valence-electron chi connectivity index (χ2n) is 7.33. The average Bonchev–Trinajstić information content (AvgIpc) is 3.21. The van der Waals surface area contributed by atoms with Crippen LogP contribution in [-0.2, 0) is 16.1 Å². The van der Waals surface area contributed by atoms with Crippen molar-refractivity contribution < 1.29 is 14.3 Å². The van der Waals surface area contributed by atoms with Crippen LogP contribution in [0.3, 0.4) is 0 Å². The minimum Gasteiger partial charge on any atom is -0.489 e. The number of benzene rings is 1. The maximum absolute atomic E-state index is 12.6. The third kappa shape index (κ3) is 5.24. The van der Waals surface area contributed by atoms with Crippen LogP contribution in [-0.4, -0.2) is 34.7 Å². The van der Waals surface area contributed by atoms with E-state index in [-0.39, 0.29) is 17.6 Å². The Kier molecular flexibility index (Phi) is 6.23. The number of ether oxygens (including phenoxy) is 2. The van der Waals surface area contributed by atoms with Crippen LogP contribution in [0.5, 0.6) is 5.75 Å². The van der Waals surface area contributed by atoms with E-state index in [0.717, 1.165) is 24.3 Å². The lowest BCUT2D eigenvalue weighted by Crippen LogP contribution is -2.25. The Morgan fingerprint density at radius 3 is 2.68 bits per heavy atom. The zero-order valence-corrected chi connectivity index (χ0v) is 17.8. The highest BCUT2D eigenvalue weighted by Crippen LogP contribution is 2.21. The van der Waals surface area contributed by atoms with Crippen molar-refractivity contribution in [2.75, 3.05) is 18.0 Å². The number of carbonyl (C=O) groups is 1. The maximum atomic E-state index is 12.6. The van der Waals surface area contributed by atoms with Gasteiger partial charge in [-0.2, -0.15) is 0 Å². The third-order valence-corrected chi connectivity index (χ3v) is 5.27. The van der Waals surface area contributed by atoms with E-state index >= 15 is 0 Å². The van der Waals surface area contributed by atoms with Crippen molar-refractivity contribution in [3.63, 3.8) is 0 Å². The molecule has 0 N–H and O–H groups in total. The highest BCUT2D eigenvalue weighted by Gasteiger charge is 2.25. The molecule has 1 atom stereocenters. The van der Waals surface area contributed by atoms with Crippen molar-refractivity contribution in [2.24, 2.45) is 0 Å². The average molecular weight is 440 g/mol. The van der Waals surface area contributed by atoms with Crippen LogP contribution in [0.15, 0.2) is 65.7 Å². The zero-order valence-electron chi connectivity index (χ0n) is 17.0. The van der Waals surface area contributed by atoms with Crippen LogP contribution < -0.4 is 15.2 Å². The number of halogens is 1. The van der Waals surface area contributed by atoms with E-state index in [0.29, 0.717) is 29.6 Å². The number of carbonyl (C=O) groups excluding carboxylic acids is 1. The SMILES string of the molecule is CC(=O)O[C@H]1CCN(c2ccc(-n3ccc(OCc4ccc(Cl)cc4)cc3=O)cn2)C1. The van der Waals surface area contributed by atoms with Gasteiger partial charge in [0.25, 0.3) is 5.56 Å². The normalized spacial score (nSPS) is 15.7. The molecule has 3 aromatic rings. The van der Waals surface area contributed by atoms with Crippen molar-refractivity contribution in [2.45, 2.75) is 26.1 Å². The molecule has 1 fully saturated rings. The standard InChI is InChI=1S/C23H22ClN3O4/c1-16(28)31-21-8-10-26(14-21)22-7-6-19(13-25-22)27-11-9-20(12-23(27)29)30-15-17-2-4-18(24)5-3-17/h2-7,9,11-13,21H,8,10,14-15H2,1H3/t21-/m0/s1. The van der Waals surface area contributed by atoms with Gasteiger partial charge in [0.05, 0.1) is 18.4 Å². The predicted octanol–water partition coefficient (Wildman–Crippen LogP) is 3.61. The van der Waals surface area contributed by atoms with Crippen molar-refractivity contribution in [1.29, 1.82) is 0 Å². The topological polar surface area (TPSA) is 73.7 Å². The predicted molar refractivity (Wildman–Crippen MR) is 118 cm³/mol. The van der Waals surface area contributed by atoms with Gasteiger partial charge in [-0.3, -0.25) is 14.2 Å². The summed E-state index contributed by atoms with van der Waals surface area (Å²) in [4.78, 5) is 30.2. The molecule has 2 aromatic heterocycles. The van der Waals surface area contributed by atoms with Gasteiger partial charge in [0.15, 0.2) is 0 Å². The third-order valence-electron chi connectivity index (χ3n) is 5.02. The summed E-state index contributed by atoms with van der Waals surface area (Å²) in [5, 5.41) is 0.667. The van der Waals surface area contributed by atoms with Gasteiger partial charge in [0.1, 0.15) is 24.3 Å². The van der Waals surface area contributed by atoms with Crippen molar-refractivity contribution >= 4 is 23.4 Å². The highest BCUT2D eigenvalue weighted by molar-refractivity contribution is 6.30. The Labute approximate surface area is 184 Å². The van der Waals surface area contributed by atoms with Gasteiger partial charge in [-0.1, -0.05) is 23.7 Å². The van der Waals surface area contributed by atoms with Gasteiger partial charge in [-0.25, -0.2) is 4.98 Å². The molecule has 1 aliphatic heterocycles. The summed E-state index contributed by atoms with van der Waals surface area (Å²) < 4.78 is 12.5. The molecule has 4 rings (SSSR count). The van der Waals surface area contributed by atoms with Gasteiger partial charge in [-0.15, -0.1) is 0 Å². The van der Waals surface area contributed by atoms with Gasteiger partial charge in [-0.05, 0) is 35.9 Å². The van der Waals surface area contributed by atoms with Gasteiger partial charge >= 0.3 is 5.97 Å². The molecule has 0 bridgehead atoms. The number of hydrogen-bond acceptors (Lipinski definition) is 6. The quantitative estimate of drug-likeness (QED) is 0.546. The maximum Gasteiger partial charge on any atom is 0.302 e. The first kappa shape index (κ1) is 20.9. The van der Waals surface area contributed by atoms with E-state index in [1.807, 2.05) is 24.3 Å². The summed E-state index contributed by atoms with van der Waals surface area (Å²) in [6.07, 6.45) is 3.99. The first-order chi connectivity index (χ1) is 15.0. The van der Waals surface area contributed by atoms with E-state index in [2.05, 4.69) is 9.88 Å². The summed E-state index contributed by atoms with van der Waals surface area (Å²) in [5.74, 6) is 1.01. The molecule has 0 radical (unpaired) electrons. The molecule has 1 aromatic carbocycles. The summed E-state index contributed by atoms with van der Waals surface area (Å²) >= 11 is 5.89. The molecule has 31 heavy (non-hydrogen) atoms. The van der Waals surface area contributed by atoms with Crippen LogP contribution in [0.25, 0.3) is 5.69 Å². The van der Waals surface area contributed by atoms with Gasteiger partial charge < -0.3 is 14.4 Å². The molecule has 160 valence electrons. The number of hydrogen-bond donors (Lipinski definition) is 0. The second kappa shape index (κ2) is 9.22. The van der Waals surface area contributed by atoms with Crippen molar-refractivity contribution in [3.05, 3.63) is 81.9 Å². The monoisotopic (exact) mass is 439 g/mol. The van der Waals surface area contributed by atoms with E-state index < -0.39 is 0 Å². The van der Waals surface area contributed by atoms with Crippen LogP contribution in [0.1, 0.15) is 18.9 Å². The Hall–Kier alpha value is -3.32. The lowest BCUT2D eigenvalue weighted by atomic mass is 10.2. The summed E-state index contributed by atoms with van der Waals surface area (Å²) in [6.45, 7) is 3.15. The molecule has 0 amide bonds. The van der Waals surface area contributed by atoms with E-state index in [9.17, 15) is 9.59 Å². The fraction of sp³-hybridized carbons (Fsp3) is 0.261. The van der Waals surface area contributed by atoms with Gasteiger partial charge in [0, 0.05) is 37.2 Å². The molecule has 8 heteroatoms. The molecule has 1 saturated heterocycles. The molecule has 0 spiro atoms. The first-order valence-corrected chi connectivity index (χ1v) is 10.3. The number of aromatic nitrogens is 2. The van der Waals surface area contributed by atoms with E-state index in [1.165, 1.54) is 17.6 Å². The summed E-state index contributed by atoms with van der Waals surface area (Å²) in [7, 11) is 0. The zero-order chi connectivity index (χ0) is 21.8. The van der Waals surface area contributed by atoms with Crippen LogP contribution >= 0.6 is 11.6 Å². The van der Waals surface area contributed by atoms with E-state index in [4.69, 9.17) is 21.1 Å². The Morgan fingerprint density at radius 2 is 2.00 bits per heavy atom. The number of pyridine rings is 2. The van der Waals surface area contributed by atoms with Crippen LogP contribution in [0.2, 0.25) is 5.02 Å². The lowest BCUT2D eigenvalue weighted by molar-refractivity contribution is -0.145. The number of nitrogens with zero attached hydrogens (tertiary/aromatic N) is 3. The van der Waals surface area contributed by atoms with Crippen molar-refractivity contribution in [1.82, 2.24) is 9.55 Å². The minimum atomic E-state index is -0.268. The van der Waals surface area contributed by atoms with Crippen LogP contribution in [0, 0.1) is 0 Å². The molecule has 0 unspecified atom stereocenters. The molecule has 3 heterocycles. The first-order valence-electron chi connectivity index (χ1n) is 9.96. The molecular weight excluding hydrogens is 418 g/mol. The minimum absolute atomic E-state index is 0.109.